The maximum atomic E-state index is 12.4. The van der Waals surface area contributed by atoms with E-state index in [-0.39, 0.29) is 12.3 Å². The van der Waals surface area contributed by atoms with Crippen molar-refractivity contribution in [2.75, 3.05) is 6.61 Å². The number of allylic oxidation sites excluding steroid dienone is 1. The lowest BCUT2D eigenvalue weighted by Gasteiger charge is -2.03. The predicted octanol–water partition coefficient (Wildman–Crippen LogP) is 4.11. The van der Waals surface area contributed by atoms with E-state index in [1.165, 1.54) is 29.5 Å². The van der Waals surface area contributed by atoms with Crippen LogP contribution in [0.4, 0.5) is 5.69 Å². The predicted molar refractivity (Wildman–Crippen MR) is 119 cm³/mol. The number of carbonyl (C=O) groups is 2. The third-order valence-corrected chi connectivity index (χ3v) is 5.27. The maximum absolute atomic E-state index is 12.4. The van der Waals surface area contributed by atoms with Gasteiger partial charge in [-0.15, -0.1) is 6.58 Å². The van der Waals surface area contributed by atoms with Gasteiger partial charge in [0.25, 0.3) is 11.6 Å². The van der Waals surface area contributed by atoms with Crippen molar-refractivity contribution < 1.29 is 19.2 Å². The molecule has 0 spiro atoms. The molecule has 0 aliphatic heterocycles. The Morgan fingerprint density at radius 2 is 2.00 bits per heavy atom. The highest BCUT2D eigenvalue weighted by Crippen LogP contribution is 2.20. The van der Waals surface area contributed by atoms with Crippen LogP contribution in [-0.4, -0.2) is 28.0 Å². The molecule has 0 radical (unpaired) electrons. The molecule has 0 fully saturated rings. The number of hydrogen-bond donors (Lipinski definition) is 0. The van der Waals surface area contributed by atoms with Crippen LogP contribution in [0.2, 0.25) is 0 Å². The van der Waals surface area contributed by atoms with E-state index in [0.29, 0.717) is 22.5 Å². The van der Waals surface area contributed by atoms with Crippen LogP contribution in [0, 0.1) is 10.1 Å². The molecule has 0 aliphatic carbocycles. The van der Waals surface area contributed by atoms with E-state index in [0.717, 1.165) is 10.2 Å². The highest BCUT2D eigenvalue weighted by molar-refractivity contribution is 7.16. The van der Waals surface area contributed by atoms with E-state index in [9.17, 15) is 19.7 Å². The van der Waals surface area contributed by atoms with Gasteiger partial charge < -0.3 is 9.30 Å². The van der Waals surface area contributed by atoms with Gasteiger partial charge in [-0.3, -0.25) is 14.9 Å². The molecule has 0 unspecified atom stereocenters. The second-order valence-corrected chi connectivity index (χ2v) is 7.33. The molecule has 8 nitrogen and oxygen atoms in total. The average Bonchev–Trinajstić information content (AvgIpc) is 3.09. The number of hydrogen-bond acceptors (Lipinski definition) is 6. The Morgan fingerprint density at radius 1 is 1.26 bits per heavy atom. The Balaban J connectivity index is 1.92. The fourth-order valence-corrected chi connectivity index (χ4v) is 3.90. The molecule has 0 N–H and O–H groups in total. The van der Waals surface area contributed by atoms with Gasteiger partial charge in [-0.1, -0.05) is 17.4 Å². The smallest absolute Gasteiger partial charge is 0.338 e. The third-order valence-electron chi connectivity index (χ3n) is 4.23. The van der Waals surface area contributed by atoms with E-state index < -0.39 is 16.8 Å². The quantitative estimate of drug-likeness (QED) is 0.182. The first kappa shape index (κ1) is 21.8. The molecule has 3 aromatic rings. The van der Waals surface area contributed by atoms with Crippen LogP contribution in [0.5, 0.6) is 0 Å². The molecule has 1 amide bonds. The average molecular weight is 437 g/mol. The first-order valence-corrected chi connectivity index (χ1v) is 10.2. The summed E-state index contributed by atoms with van der Waals surface area (Å²) in [6.45, 7) is 6.22. The number of amides is 1. The minimum absolute atomic E-state index is 0.0221. The highest BCUT2D eigenvalue weighted by atomic mass is 32.1. The summed E-state index contributed by atoms with van der Waals surface area (Å²) in [5.74, 6) is -0.887. The van der Waals surface area contributed by atoms with E-state index >= 15 is 0 Å². The first-order valence-electron chi connectivity index (χ1n) is 9.35. The summed E-state index contributed by atoms with van der Waals surface area (Å²) < 4.78 is 7.66. The van der Waals surface area contributed by atoms with Crippen molar-refractivity contribution in [3.8, 4) is 0 Å². The zero-order valence-electron chi connectivity index (χ0n) is 16.7. The fourth-order valence-electron chi connectivity index (χ4n) is 2.81. The maximum Gasteiger partial charge on any atom is 0.338 e. The summed E-state index contributed by atoms with van der Waals surface area (Å²) in [7, 11) is 0. The van der Waals surface area contributed by atoms with Crippen molar-refractivity contribution in [1.82, 2.24) is 4.57 Å². The van der Waals surface area contributed by atoms with Crippen LogP contribution < -0.4 is 4.80 Å². The molecule has 2 aromatic carbocycles. The summed E-state index contributed by atoms with van der Waals surface area (Å²) in [6, 6.07) is 11.0. The Kier molecular flexibility index (Phi) is 6.88. The molecule has 0 aliphatic rings. The molecule has 1 aromatic heterocycles. The Hall–Kier alpha value is -3.85. The molecule has 31 heavy (non-hydrogen) atoms. The molecule has 158 valence electrons. The number of nitrogens with zero attached hydrogens (tertiary/aromatic N) is 3. The zero-order chi connectivity index (χ0) is 22.4. The van der Waals surface area contributed by atoms with Gasteiger partial charge in [0.1, 0.15) is 0 Å². The van der Waals surface area contributed by atoms with Crippen LogP contribution in [0.15, 0.2) is 66.2 Å². The first-order chi connectivity index (χ1) is 14.9. The number of carbonyl (C=O) groups excluding carboxylic acids is 2. The summed E-state index contributed by atoms with van der Waals surface area (Å²) in [6.07, 6.45) is 4.54. The molecular weight excluding hydrogens is 418 g/mol. The number of esters is 1. The van der Waals surface area contributed by atoms with Gasteiger partial charge in [0.15, 0.2) is 4.80 Å². The van der Waals surface area contributed by atoms with Crippen molar-refractivity contribution >= 4 is 45.2 Å². The van der Waals surface area contributed by atoms with Crippen molar-refractivity contribution in [3.05, 3.63) is 87.2 Å². The summed E-state index contributed by atoms with van der Waals surface area (Å²) in [5.41, 5.74) is 1.87. The van der Waals surface area contributed by atoms with Crippen LogP contribution in [-0.2, 0) is 16.1 Å². The van der Waals surface area contributed by atoms with E-state index in [1.54, 1.807) is 49.4 Å². The normalized spacial score (nSPS) is 11.7. The molecule has 0 saturated carbocycles. The van der Waals surface area contributed by atoms with Gasteiger partial charge in [-0.25, -0.2) is 4.79 Å². The lowest BCUT2D eigenvalue weighted by atomic mass is 10.2. The Bertz CT molecular complexity index is 1250. The highest BCUT2D eigenvalue weighted by Gasteiger charge is 2.11. The molecule has 9 heteroatoms. The number of aromatic nitrogens is 1. The van der Waals surface area contributed by atoms with Gasteiger partial charge in [-0.2, -0.15) is 4.99 Å². The topological polar surface area (TPSA) is 104 Å². The Morgan fingerprint density at radius 3 is 2.65 bits per heavy atom. The van der Waals surface area contributed by atoms with Crippen LogP contribution in [0.3, 0.4) is 0 Å². The molecule has 1 heterocycles. The van der Waals surface area contributed by atoms with Crippen LogP contribution in [0.1, 0.15) is 22.8 Å². The molecule has 0 atom stereocenters. The summed E-state index contributed by atoms with van der Waals surface area (Å²) >= 11 is 1.28. The monoisotopic (exact) mass is 437 g/mol. The van der Waals surface area contributed by atoms with Crippen molar-refractivity contribution in [1.29, 1.82) is 0 Å². The number of non-ortho nitro benzene ring substituents is 1. The number of fused-ring (bicyclic) bond motifs is 1. The standard InChI is InChI=1S/C22H19N3O5S/c1-3-13-24-18-11-8-16(21(27)30-4-2)14-19(18)31-22(24)23-20(26)12-7-15-5-9-17(10-6-15)25(28)29/h3,5-12,14H,1,4,13H2,2H3/b12-7-,23-22?. The van der Waals surface area contributed by atoms with Crippen molar-refractivity contribution in [3.63, 3.8) is 0 Å². The molecule has 0 bridgehead atoms. The van der Waals surface area contributed by atoms with Gasteiger partial charge in [0.2, 0.25) is 0 Å². The van der Waals surface area contributed by atoms with Crippen LogP contribution >= 0.6 is 11.3 Å². The second kappa shape index (κ2) is 9.77. The number of nitro groups is 1. The number of benzene rings is 2. The SMILES string of the molecule is C=CCn1c(=NC(=O)/C=C\c2ccc([N+](=O)[O-])cc2)sc2cc(C(=O)OCC)ccc21. The largest absolute Gasteiger partial charge is 0.462 e. The molecular formula is C22H19N3O5S. The second-order valence-electron chi connectivity index (χ2n) is 6.32. The molecule has 0 saturated heterocycles. The lowest BCUT2D eigenvalue weighted by Crippen LogP contribution is -2.15. The number of ether oxygens (including phenoxy) is 1. The molecule has 3 rings (SSSR count). The van der Waals surface area contributed by atoms with Crippen molar-refractivity contribution in [2.45, 2.75) is 13.5 Å². The number of rotatable bonds is 7. The Labute approximate surface area is 181 Å². The van der Waals surface area contributed by atoms with Gasteiger partial charge in [0, 0.05) is 24.8 Å². The lowest BCUT2D eigenvalue weighted by molar-refractivity contribution is -0.384. The number of thiazole rings is 1. The zero-order valence-corrected chi connectivity index (χ0v) is 17.5. The van der Waals surface area contributed by atoms with E-state index in [4.69, 9.17) is 4.74 Å². The fraction of sp³-hybridized carbons (Fsp3) is 0.136. The summed E-state index contributed by atoms with van der Waals surface area (Å²) in [4.78, 5) is 39.3. The van der Waals surface area contributed by atoms with Crippen LogP contribution in [0.25, 0.3) is 16.3 Å². The van der Waals surface area contributed by atoms with Gasteiger partial charge in [-0.05, 0) is 48.9 Å². The van der Waals surface area contributed by atoms with Gasteiger partial charge in [0.05, 0.1) is 27.3 Å². The van der Waals surface area contributed by atoms with Crippen molar-refractivity contribution in [2.24, 2.45) is 4.99 Å². The van der Waals surface area contributed by atoms with E-state index in [1.807, 2.05) is 4.57 Å². The van der Waals surface area contributed by atoms with E-state index in [2.05, 4.69) is 11.6 Å². The third kappa shape index (κ3) is 5.20. The van der Waals surface area contributed by atoms with Gasteiger partial charge >= 0.3 is 5.97 Å². The minimum Gasteiger partial charge on any atom is -0.462 e. The summed E-state index contributed by atoms with van der Waals surface area (Å²) in [5, 5.41) is 10.7. The minimum atomic E-state index is -0.485. The number of nitro benzene ring substituents is 1.